The molecule has 0 aliphatic heterocycles. The summed E-state index contributed by atoms with van der Waals surface area (Å²) >= 11 is 0. The van der Waals surface area contributed by atoms with Crippen molar-refractivity contribution in [2.24, 2.45) is 0 Å². The fraction of sp³-hybridized carbons (Fsp3) is 0.783. The summed E-state index contributed by atoms with van der Waals surface area (Å²) < 4.78 is 0. The summed E-state index contributed by atoms with van der Waals surface area (Å²) in [6.45, 7) is 4.21. The van der Waals surface area contributed by atoms with Crippen molar-refractivity contribution < 1.29 is 15.0 Å². The summed E-state index contributed by atoms with van der Waals surface area (Å²) in [5.41, 5.74) is 0. The van der Waals surface area contributed by atoms with Crippen LogP contribution in [0, 0.1) is 0 Å². The first-order valence-corrected chi connectivity index (χ1v) is 32.3. The summed E-state index contributed by atoms with van der Waals surface area (Å²) in [6.07, 6.45) is 93.6. The zero-order valence-corrected chi connectivity index (χ0v) is 48.9. The van der Waals surface area contributed by atoms with Gasteiger partial charge in [0.25, 0.3) is 0 Å². The van der Waals surface area contributed by atoms with E-state index in [4.69, 9.17) is 0 Å². The lowest BCUT2D eigenvalue weighted by Crippen LogP contribution is -2.45. The zero-order valence-electron chi connectivity index (χ0n) is 48.9. The monoisotopic (exact) mass is 1020 g/mol. The van der Waals surface area contributed by atoms with Gasteiger partial charge in [-0.05, 0) is 77.0 Å². The van der Waals surface area contributed by atoms with E-state index in [9.17, 15) is 15.0 Å². The number of rotatable bonds is 59. The summed E-state index contributed by atoms with van der Waals surface area (Å²) in [5.74, 6) is -0.0727. The van der Waals surface area contributed by atoms with Crippen molar-refractivity contribution in [3.63, 3.8) is 0 Å². The number of aliphatic hydroxyl groups excluding tert-OH is 2. The fourth-order valence-electron chi connectivity index (χ4n) is 9.75. The number of unbranched alkanes of at least 4 members (excludes halogenated alkanes) is 40. The molecular formula is C69H125NO3. The Morgan fingerprint density at radius 1 is 0.342 bits per heavy atom. The molecule has 0 heterocycles. The molecular weight excluding hydrogens is 891 g/mol. The molecule has 0 radical (unpaired) electrons. The van der Waals surface area contributed by atoms with E-state index in [-0.39, 0.29) is 12.5 Å². The highest BCUT2D eigenvalue weighted by Gasteiger charge is 2.18. The molecule has 0 rings (SSSR count). The second-order valence-corrected chi connectivity index (χ2v) is 21.8. The minimum Gasteiger partial charge on any atom is -0.394 e. The van der Waals surface area contributed by atoms with Crippen LogP contribution in [-0.4, -0.2) is 34.9 Å². The highest BCUT2D eigenvalue weighted by atomic mass is 16.3. The standard InChI is InChI=1S/C69H125NO3/c1-3-5-7-9-11-13-15-17-19-21-23-25-27-29-31-33-35-37-39-41-43-45-47-49-51-53-55-57-59-61-63-65-69(73)70-67(66-71)68(72)64-62-60-58-56-54-52-50-48-46-44-42-40-38-36-34-32-30-28-26-24-22-20-18-16-14-12-10-8-6-4-2/h5,7,11,13,17,19,23,25,29,31,54,56,62,64,67-68,71-72H,3-4,6,8-10,12,14-16,18,20-22,24,26-28,30,32-53,55,57-61,63,65-66H2,1-2H3,(H,70,73)/b7-5-,13-11-,19-17-,25-23-,31-29-,56-54+,64-62+. The SMILES string of the molecule is CC/C=C\C/C=C\C/C=C\C/C=C\C/C=C\CCCCCCCCCCCCCCCCCC(=O)NC(CO)C(O)/C=C/CC/C=C/CCCCCCCCCCCCCCCCCCCCCCCCCC. The third-order valence-corrected chi connectivity index (χ3v) is 14.6. The third-order valence-electron chi connectivity index (χ3n) is 14.6. The summed E-state index contributed by atoms with van der Waals surface area (Å²) in [7, 11) is 0. The van der Waals surface area contributed by atoms with Crippen molar-refractivity contribution in [3.8, 4) is 0 Å². The Balaban J connectivity index is 3.51. The normalized spacial score (nSPS) is 13.3. The first kappa shape index (κ1) is 70.6. The molecule has 4 nitrogen and oxygen atoms in total. The Labute approximate surface area is 456 Å². The Hall–Kier alpha value is -2.43. The van der Waals surface area contributed by atoms with Crippen LogP contribution in [-0.2, 0) is 4.79 Å². The highest BCUT2D eigenvalue weighted by molar-refractivity contribution is 5.76. The maximum Gasteiger partial charge on any atom is 0.220 e. The van der Waals surface area contributed by atoms with Crippen molar-refractivity contribution in [2.45, 2.75) is 341 Å². The summed E-state index contributed by atoms with van der Waals surface area (Å²) in [5, 5.41) is 23.2. The molecule has 2 atom stereocenters. The number of hydrogen-bond acceptors (Lipinski definition) is 3. The van der Waals surface area contributed by atoms with Crippen molar-refractivity contribution in [1.82, 2.24) is 5.32 Å². The van der Waals surface area contributed by atoms with Crippen LogP contribution in [0.1, 0.15) is 328 Å². The maximum atomic E-state index is 12.5. The minimum atomic E-state index is -0.868. The first-order valence-electron chi connectivity index (χ1n) is 32.3. The predicted molar refractivity (Wildman–Crippen MR) is 327 cm³/mol. The molecule has 0 spiro atoms. The molecule has 2 unspecified atom stereocenters. The Kier molecular flexibility index (Phi) is 61.7. The molecule has 0 saturated heterocycles. The average Bonchev–Trinajstić information content (AvgIpc) is 3.40. The molecule has 0 aromatic heterocycles. The van der Waals surface area contributed by atoms with Gasteiger partial charge in [-0.3, -0.25) is 4.79 Å². The van der Waals surface area contributed by atoms with Gasteiger partial charge in [-0.25, -0.2) is 0 Å². The number of hydrogen-bond donors (Lipinski definition) is 3. The van der Waals surface area contributed by atoms with E-state index in [2.05, 4.69) is 92.1 Å². The van der Waals surface area contributed by atoms with E-state index in [1.807, 2.05) is 6.08 Å². The number of carbonyl (C=O) groups excluding carboxylic acids is 1. The molecule has 4 heteroatoms. The molecule has 1 amide bonds. The zero-order chi connectivity index (χ0) is 52.7. The number of amides is 1. The summed E-state index contributed by atoms with van der Waals surface area (Å²) in [6, 6.07) is -0.645. The Morgan fingerprint density at radius 3 is 0.959 bits per heavy atom. The van der Waals surface area contributed by atoms with E-state index < -0.39 is 12.1 Å². The highest BCUT2D eigenvalue weighted by Crippen LogP contribution is 2.18. The van der Waals surface area contributed by atoms with Gasteiger partial charge in [0.1, 0.15) is 0 Å². The van der Waals surface area contributed by atoms with Gasteiger partial charge in [-0.1, -0.05) is 330 Å². The topological polar surface area (TPSA) is 69.6 Å². The quantitative estimate of drug-likeness (QED) is 0.0420. The second-order valence-electron chi connectivity index (χ2n) is 21.8. The molecule has 3 N–H and O–H groups in total. The second kappa shape index (κ2) is 63.9. The van der Waals surface area contributed by atoms with Crippen LogP contribution in [0.2, 0.25) is 0 Å². The van der Waals surface area contributed by atoms with Gasteiger partial charge in [0.15, 0.2) is 0 Å². The van der Waals surface area contributed by atoms with Crippen LogP contribution < -0.4 is 5.32 Å². The van der Waals surface area contributed by atoms with Crippen LogP contribution in [0.25, 0.3) is 0 Å². The molecule has 0 aromatic carbocycles. The summed E-state index contributed by atoms with van der Waals surface area (Å²) in [4.78, 5) is 12.5. The molecule has 0 aliphatic rings. The van der Waals surface area contributed by atoms with Crippen LogP contribution >= 0.6 is 0 Å². The van der Waals surface area contributed by atoms with Gasteiger partial charge in [-0.15, -0.1) is 0 Å². The van der Waals surface area contributed by atoms with Gasteiger partial charge in [0.05, 0.1) is 18.8 Å². The maximum absolute atomic E-state index is 12.5. The Morgan fingerprint density at radius 2 is 0.616 bits per heavy atom. The molecule has 73 heavy (non-hydrogen) atoms. The predicted octanol–water partition coefficient (Wildman–Crippen LogP) is 21.9. The van der Waals surface area contributed by atoms with E-state index >= 15 is 0 Å². The third kappa shape index (κ3) is 60.3. The van der Waals surface area contributed by atoms with E-state index in [0.717, 1.165) is 64.2 Å². The largest absolute Gasteiger partial charge is 0.394 e. The van der Waals surface area contributed by atoms with Gasteiger partial charge >= 0.3 is 0 Å². The first-order chi connectivity index (χ1) is 36.2. The van der Waals surface area contributed by atoms with Crippen molar-refractivity contribution in [3.05, 3.63) is 85.1 Å². The van der Waals surface area contributed by atoms with Crippen LogP contribution in [0.5, 0.6) is 0 Å². The number of nitrogens with one attached hydrogen (secondary N) is 1. The van der Waals surface area contributed by atoms with Gasteiger partial charge in [0, 0.05) is 6.42 Å². The van der Waals surface area contributed by atoms with Crippen molar-refractivity contribution in [1.29, 1.82) is 0 Å². The molecule has 424 valence electrons. The van der Waals surface area contributed by atoms with Crippen LogP contribution in [0.3, 0.4) is 0 Å². The van der Waals surface area contributed by atoms with Crippen LogP contribution in [0.4, 0.5) is 0 Å². The lowest BCUT2D eigenvalue weighted by atomic mass is 10.0. The number of allylic oxidation sites excluding steroid dienone is 13. The lowest BCUT2D eigenvalue weighted by molar-refractivity contribution is -0.123. The Bertz CT molecular complexity index is 1290. The average molecular weight is 1020 g/mol. The van der Waals surface area contributed by atoms with E-state index in [1.165, 1.54) is 244 Å². The molecule has 0 fully saturated rings. The van der Waals surface area contributed by atoms with E-state index in [0.29, 0.717) is 6.42 Å². The lowest BCUT2D eigenvalue weighted by Gasteiger charge is -2.19. The number of carbonyl (C=O) groups is 1. The van der Waals surface area contributed by atoms with Crippen molar-refractivity contribution in [2.75, 3.05) is 6.61 Å². The fourth-order valence-corrected chi connectivity index (χ4v) is 9.75. The smallest absolute Gasteiger partial charge is 0.220 e. The minimum absolute atomic E-state index is 0.0727. The van der Waals surface area contributed by atoms with Gasteiger partial charge in [-0.2, -0.15) is 0 Å². The number of aliphatic hydroxyl groups is 2. The molecule has 0 saturated carbocycles. The van der Waals surface area contributed by atoms with E-state index in [1.54, 1.807) is 6.08 Å². The van der Waals surface area contributed by atoms with Gasteiger partial charge < -0.3 is 15.5 Å². The van der Waals surface area contributed by atoms with Gasteiger partial charge in [0.2, 0.25) is 5.91 Å². The van der Waals surface area contributed by atoms with Crippen molar-refractivity contribution >= 4 is 5.91 Å². The molecule has 0 bridgehead atoms. The molecule has 0 aromatic rings. The van der Waals surface area contributed by atoms with Crippen LogP contribution in [0.15, 0.2) is 85.1 Å². The molecule has 0 aliphatic carbocycles.